The van der Waals surface area contributed by atoms with E-state index in [1.54, 1.807) is 6.07 Å². The maximum absolute atomic E-state index is 13.3. The van der Waals surface area contributed by atoms with Crippen molar-refractivity contribution < 1.29 is 4.74 Å². The first-order valence-electron chi connectivity index (χ1n) is 10.5. The molecule has 4 aromatic carbocycles. The molecular weight excluding hydrogens is 478 g/mol. The van der Waals surface area contributed by atoms with Gasteiger partial charge in [-0.3, -0.25) is 4.79 Å². The molecule has 0 amide bonds. The molecule has 0 spiro atoms. The topological polar surface area (TPSA) is 56.2 Å². The molecule has 162 valence electrons. The van der Waals surface area contributed by atoms with Gasteiger partial charge in [0, 0.05) is 10.0 Å². The number of ether oxygens (including phenoxy) is 1. The fraction of sp³-hybridized carbons (Fsp3) is 0.0370. The molecule has 5 rings (SSSR count). The number of hydrogen-bond acceptors (Lipinski definition) is 4. The first-order chi connectivity index (χ1) is 16.2. The maximum atomic E-state index is 13.3. The molecule has 1 N–H and O–H groups in total. The summed E-state index contributed by atoms with van der Waals surface area (Å²) in [7, 11) is 0. The van der Waals surface area contributed by atoms with Crippen LogP contribution in [0.5, 0.6) is 11.5 Å². The summed E-state index contributed by atoms with van der Waals surface area (Å²) in [4.78, 5) is 18.1. The van der Waals surface area contributed by atoms with Gasteiger partial charge in [-0.15, -0.1) is 0 Å². The van der Waals surface area contributed by atoms with Gasteiger partial charge in [-0.25, -0.2) is 9.66 Å². The van der Waals surface area contributed by atoms with Gasteiger partial charge in [0.2, 0.25) is 0 Å². The summed E-state index contributed by atoms with van der Waals surface area (Å²) in [5.74, 6) is 2.11. The van der Waals surface area contributed by atoms with Crippen LogP contribution in [-0.2, 0) is 6.54 Å². The lowest BCUT2D eigenvalue weighted by Gasteiger charge is -2.16. The second kappa shape index (κ2) is 9.30. The molecule has 0 aliphatic rings. The van der Waals surface area contributed by atoms with E-state index in [0.29, 0.717) is 23.3 Å². The molecule has 0 saturated carbocycles. The van der Waals surface area contributed by atoms with Crippen LogP contribution < -0.4 is 15.7 Å². The number of benzene rings is 4. The van der Waals surface area contributed by atoms with Gasteiger partial charge in [-0.1, -0.05) is 70.5 Å². The highest BCUT2D eigenvalue weighted by Gasteiger charge is 2.13. The van der Waals surface area contributed by atoms with Crippen molar-refractivity contribution in [3.8, 4) is 22.9 Å². The lowest BCUT2D eigenvalue weighted by Crippen LogP contribution is -2.31. The molecule has 6 heteroatoms. The van der Waals surface area contributed by atoms with Crippen molar-refractivity contribution in [2.75, 3.05) is 5.43 Å². The average molecular weight is 498 g/mol. The molecule has 5 nitrogen and oxygen atoms in total. The Morgan fingerprint density at radius 2 is 1.45 bits per heavy atom. The van der Waals surface area contributed by atoms with Crippen molar-refractivity contribution in [2.45, 2.75) is 6.54 Å². The Kier molecular flexibility index (Phi) is 5.91. The quantitative estimate of drug-likeness (QED) is 0.296. The second-order valence-electron chi connectivity index (χ2n) is 7.49. The lowest BCUT2D eigenvalue weighted by molar-refractivity contribution is 0.482. The Bertz CT molecular complexity index is 1450. The van der Waals surface area contributed by atoms with E-state index in [9.17, 15) is 4.79 Å². The summed E-state index contributed by atoms with van der Waals surface area (Å²) in [6, 6.07) is 32.6. The number of nitrogens with zero attached hydrogens (tertiary/aromatic N) is 2. The van der Waals surface area contributed by atoms with Crippen LogP contribution >= 0.6 is 15.9 Å². The highest BCUT2D eigenvalue weighted by atomic mass is 79.9. The lowest BCUT2D eigenvalue weighted by atomic mass is 10.2. The average Bonchev–Trinajstić information content (AvgIpc) is 2.85. The minimum Gasteiger partial charge on any atom is -0.457 e. The molecular formula is C27H20BrN3O2. The molecule has 1 heterocycles. The molecule has 1 aromatic heterocycles. The summed E-state index contributed by atoms with van der Waals surface area (Å²) in [6.45, 7) is 0.453. The predicted molar refractivity (Wildman–Crippen MR) is 135 cm³/mol. The van der Waals surface area contributed by atoms with E-state index >= 15 is 0 Å². The van der Waals surface area contributed by atoms with Crippen LogP contribution in [0.15, 0.2) is 112 Å². The number of hydrogen-bond donors (Lipinski definition) is 1. The number of para-hydroxylation sites is 2. The van der Waals surface area contributed by atoms with Crippen LogP contribution in [0, 0.1) is 0 Å². The van der Waals surface area contributed by atoms with Gasteiger partial charge in [0.25, 0.3) is 5.56 Å². The molecule has 0 bridgehead atoms. The van der Waals surface area contributed by atoms with Gasteiger partial charge < -0.3 is 10.2 Å². The van der Waals surface area contributed by atoms with Crippen molar-refractivity contribution in [1.29, 1.82) is 0 Å². The Morgan fingerprint density at radius 1 is 0.788 bits per heavy atom. The van der Waals surface area contributed by atoms with Crippen LogP contribution in [0.25, 0.3) is 22.3 Å². The van der Waals surface area contributed by atoms with E-state index in [-0.39, 0.29) is 5.56 Å². The van der Waals surface area contributed by atoms with E-state index in [4.69, 9.17) is 9.72 Å². The van der Waals surface area contributed by atoms with Gasteiger partial charge in [-0.05, 0) is 54.1 Å². The summed E-state index contributed by atoms with van der Waals surface area (Å²) < 4.78 is 8.35. The standard InChI is InChI=1S/C27H20BrN3O2/c28-21-14-12-20(13-15-21)26-30-25-9-5-4-8-24(25)27(32)31(26)29-18-19-10-16-23(17-11-19)33-22-6-2-1-3-7-22/h1-17,29H,18H2. The van der Waals surface area contributed by atoms with Gasteiger partial charge in [0.05, 0.1) is 17.4 Å². The van der Waals surface area contributed by atoms with E-state index < -0.39 is 0 Å². The Labute approximate surface area is 199 Å². The molecule has 0 radical (unpaired) electrons. The van der Waals surface area contributed by atoms with Crippen molar-refractivity contribution in [2.24, 2.45) is 0 Å². The first kappa shape index (κ1) is 21.0. The van der Waals surface area contributed by atoms with E-state index in [2.05, 4.69) is 21.4 Å². The Balaban J connectivity index is 1.43. The zero-order chi connectivity index (χ0) is 22.6. The second-order valence-corrected chi connectivity index (χ2v) is 8.41. The SMILES string of the molecule is O=c1c2ccccc2nc(-c2ccc(Br)cc2)n1NCc1ccc(Oc2ccccc2)cc1. The van der Waals surface area contributed by atoms with Gasteiger partial charge in [0.1, 0.15) is 11.5 Å². The number of halogens is 1. The third kappa shape index (κ3) is 4.66. The van der Waals surface area contributed by atoms with Crippen LogP contribution in [-0.4, -0.2) is 9.66 Å². The Hall–Kier alpha value is -3.90. The number of fused-ring (bicyclic) bond motifs is 1. The molecule has 0 atom stereocenters. The fourth-order valence-corrected chi connectivity index (χ4v) is 3.81. The summed E-state index contributed by atoms with van der Waals surface area (Å²) >= 11 is 3.46. The largest absolute Gasteiger partial charge is 0.457 e. The van der Waals surface area contributed by atoms with E-state index in [0.717, 1.165) is 27.1 Å². The van der Waals surface area contributed by atoms with Crippen molar-refractivity contribution in [1.82, 2.24) is 9.66 Å². The van der Waals surface area contributed by atoms with E-state index in [1.807, 2.05) is 97.1 Å². The zero-order valence-corrected chi connectivity index (χ0v) is 19.2. The monoisotopic (exact) mass is 497 g/mol. The minimum atomic E-state index is -0.137. The molecule has 33 heavy (non-hydrogen) atoms. The molecule has 0 unspecified atom stereocenters. The molecule has 0 saturated heterocycles. The highest BCUT2D eigenvalue weighted by molar-refractivity contribution is 9.10. The van der Waals surface area contributed by atoms with Crippen molar-refractivity contribution in [3.05, 3.63) is 124 Å². The third-order valence-corrected chi connectivity index (χ3v) is 5.75. The zero-order valence-electron chi connectivity index (χ0n) is 17.6. The van der Waals surface area contributed by atoms with Gasteiger partial charge >= 0.3 is 0 Å². The fourth-order valence-electron chi connectivity index (χ4n) is 3.54. The molecule has 0 aliphatic heterocycles. The first-order valence-corrected chi connectivity index (χ1v) is 11.3. The summed E-state index contributed by atoms with van der Waals surface area (Å²) in [5.41, 5.74) is 5.65. The van der Waals surface area contributed by atoms with Gasteiger partial charge in [-0.2, -0.15) is 0 Å². The normalized spacial score (nSPS) is 10.8. The number of rotatable bonds is 6. The van der Waals surface area contributed by atoms with Crippen molar-refractivity contribution >= 4 is 26.8 Å². The van der Waals surface area contributed by atoms with E-state index in [1.165, 1.54) is 4.68 Å². The third-order valence-electron chi connectivity index (χ3n) is 5.22. The van der Waals surface area contributed by atoms with Crippen LogP contribution in [0.3, 0.4) is 0 Å². The van der Waals surface area contributed by atoms with Crippen LogP contribution in [0.4, 0.5) is 0 Å². The predicted octanol–water partition coefficient (Wildman–Crippen LogP) is 6.36. The number of aromatic nitrogens is 2. The minimum absolute atomic E-state index is 0.137. The Morgan fingerprint density at radius 3 is 2.21 bits per heavy atom. The summed E-state index contributed by atoms with van der Waals surface area (Å²) in [5, 5.41) is 0.567. The molecule has 0 fully saturated rings. The van der Waals surface area contributed by atoms with Gasteiger partial charge in [0.15, 0.2) is 5.82 Å². The maximum Gasteiger partial charge on any atom is 0.280 e. The summed E-state index contributed by atoms with van der Waals surface area (Å²) in [6.07, 6.45) is 0. The molecule has 5 aromatic rings. The van der Waals surface area contributed by atoms with Crippen molar-refractivity contribution in [3.63, 3.8) is 0 Å². The van der Waals surface area contributed by atoms with Crippen LogP contribution in [0.1, 0.15) is 5.56 Å². The highest BCUT2D eigenvalue weighted by Crippen LogP contribution is 2.23. The smallest absolute Gasteiger partial charge is 0.280 e. The molecule has 0 aliphatic carbocycles. The number of nitrogens with one attached hydrogen (secondary N) is 1. The van der Waals surface area contributed by atoms with Crippen LogP contribution in [0.2, 0.25) is 0 Å².